The van der Waals surface area contributed by atoms with E-state index in [0.29, 0.717) is 31.5 Å². The summed E-state index contributed by atoms with van der Waals surface area (Å²) in [7, 11) is 0. The highest BCUT2D eigenvalue weighted by Gasteiger charge is 2.43. The molecule has 1 aliphatic rings. The number of nitrogens with zero attached hydrogens (tertiary/aromatic N) is 1. The first kappa shape index (κ1) is 20.5. The number of benzene rings is 2. The fraction of sp³-hybridized carbons (Fsp3) is 0.318. The van der Waals surface area contributed by atoms with Gasteiger partial charge >= 0.3 is 5.97 Å². The van der Waals surface area contributed by atoms with Crippen molar-refractivity contribution < 1.29 is 23.9 Å². The molecule has 2 aromatic carbocycles. The smallest absolute Gasteiger partial charge is 0.314 e. The second-order valence-electron chi connectivity index (χ2n) is 7.22. The number of carboxylic acid groups (broad SMARTS) is 1. The van der Waals surface area contributed by atoms with Gasteiger partial charge in [-0.25, -0.2) is 4.39 Å². The number of hydrogen-bond donors (Lipinski definition) is 2. The Hall–Kier alpha value is -3.22. The molecule has 1 aliphatic heterocycles. The molecule has 1 heterocycles. The second kappa shape index (κ2) is 8.86. The van der Waals surface area contributed by atoms with Gasteiger partial charge in [0, 0.05) is 13.1 Å². The molecular weight excluding hydrogens is 375 g/mol. The van der Waals surface area contributed by atoms with Gasteiger partial charge < -0.3 is 15.3 Å². The molecule has 1 saturated heterocycles. The van der Waals surface area contributed by atoms with Gasteiger partial charge in [-0.05, 0) is 36.1 Å². The Morgan fingerprint density at radius 3 is 2.34 bits per heavy atom. The van der Waals surface area contributed by atoms with Crippen LogP contribution in [0.15, 0.2) is 54.6 Å². The third-order valence-corrected chi connectivity index (χ3v) is 5.40. The molecule has 0 aromatic heterocycles. The maximum Gasteiger partial charge on any atom is 0.314 e. The van der Waals surface area contributed by atoms with Crippen molar-refractivity contribution in [3.05, 3.63) is 71.5 Å². The minimum absolute atomic E-state index is 0.0127. The van der Waals surface area contributed by atoms with Crippen LogP contribution in [0.3, 0.4) is 0 Å². The topological polar surface area (TPSA) is 86.7 Å². The van der Waals surface area contributed by atoms with Crippen LogP contribution >= 0.6 is 0 Å². The van der Waals surface area contributed by atoms with Crippen LogP contribution in [0, 0.1) is 5.82 Å². The molecule has 29 heavy (non-hydrogen) atoms. The highest BCUT2D eigenvalue weighted by molar-refractivity contribution is 5.86. The first-order chi connectivity index (χ1) is 13.9. The van der Waals surface area contributed by atoms with E-state index in [-0.39, 0.29) is 24.8 Å². The van der Waals surface area contributed by atoms with E-state index >= 15 is 0 Å². The van der Waals surface area contributed by atoms with Crippen molar-refractivity contribution >= 4 is 17.8 Å². The zero-order valence-electron chi connectivity index (χ0n) is 15.9. The number of carboxylic acids is 1. The molecule has 2 amide bonds. The zero-order chi connectivity index (χ0) is 20.9. The monoisotopic (exact) mass is 398 g/mol. The fourth-order valence-electron chi connectivity index (χ4n) is 3.70. The van der Waals surface area contributed by atoms with Gasteiger partial charge in [0.15, 0.2) is 0 Å². The maximum absolute atomic E-state index is 13.2. The van der Waals surface area contributed by atoms with Crippen LogP contribution in [0.1, 0.15) is 24.0 Å². The van der Waals surface area contributed by atoms with Crippen LogP contribution in [0.2, 0.25) is 0 Å². The van der Waals surface area contributed by atoms with Crippen molar-refractivity contribution in [2.45, 2.75) is 24.7 Å². The van der Waals surface area contributed by atoms with Crippen LogP contribution in [0.5, 0.6) is 0 Å². The average Bonchev–Trinajstić information content (AvgIpc) is 2.72. The SMILES string of the molecule is O=C(Cc1cccc(F)c1)NCC(=O)N1CCC(C(=O)O)(c2ccccc2)CC1. The Bertz CT molecular complexity index is 893. The summed E-state index contributed by atoms with van der Waals surface area (Å²) >= 11 is 0. The van der Waals surface area contributed by atoms with E-state index in [1.807, 2.05) is 18.2 Å². The molecule has 0 bridgehead atoms. The van der Waals surface area contributed by atoms with Crippen LogP contribution in [-0.4, -0.2) is 47.4 Å². The first-order valence-electron chi connectivity index (χ1n) is 9.48. The summed E-state index contributed by atoms with van der Waals surface area (Å²) in [4.78, 5) is 38.0. The van der Waals surface area contributed by atoms with E-state index in [2.05, 4.69) is 5.32 Å². The minimum Gasteiger partial charge on any atom is -0.481 e. The molecule has 0 aliphatic carbocycles. The van der Waals surface area contributed by atoms with Gasteiger partial charge in [-0.2, -0.15) is 0 Å². The van der Waals surface area contributed by atoms with Crippen LogP contribution in [0.25, 0.3) is 0 Å². The molecule has 2 N–H and O–H groups in total. The lowest BCUT2D eigenvalue weighted by Crippen LogP contribution is -2.51. The lowest BCUT2D eigenvalue weighted by Gasteiger charge is -2.39. The Kier molecular flexibility index (Phi) is 6.26. The van der Waals surface area contributed by atoms with E-state index in [1.54, 1.807) is 23.1 Å². The quantitative estimate of drug-likeness (QED) is 0.781. The summed E-state index contributed by atoms with van der Waals surface area (Å²) in [6.07, 6.45) is 0.617. The largest absolute Gasteiger partial charge is 0.481 e. The summed E-state index contributed by atoms with van der Waals surface area (Å²) < 4.78 is 13.2. The highest BCUT2D eigenvalue weighted by atomic mass is 19.1. The van der Waals surface area contributed by atoms with E-state index in [0.717, 1.165) is 5.56 Å². The normalized spacial score (nSPS) is 15.6. The second-order valence-corrected chi connectivity index (χ2v) is 7.22. The van der Waals surface area contributed by atoms with Crippen molar-refractivity contribution in [3.63, 3.8) is 0 Å². The Labute approximate surface area is 168 Å². The summed E-state index contributed by atoms with van der Waals surface area (Å²) in [6.45, 7) is 0.444. The maximum atomic E-state index is 13.2. The molecule has 0 unspecified atom stereocenters. The number of halogens is 1. The standard InChI is InChI=1S/C22H23FN2O4/c23-18-8-4-5-16(13-18)14-19(26)24-15-20(27)25-11-9-22(10-12-25,21(28)29)17-6-2-1-3-7-17/h1-8,13H,9-12,14-15H2,(H,24,26)(H,28,29). The Balaban J connectivity index is 1.53. The molecule has 0 saturated carbocycles. The van der Waals surface area contributed by atoms with Crippen molar-refractivity contribution in [1.29, 1.82) is 0 Å². The number of piperidine rings is 1. The molecule has 0 spiro atoms. The van der Waals surface area contributed by atoms with Crippen molar-refractivity contribution in [2.75, 3.05) is 19.6 Å². The minimum atomic E-state index is -1.00. The van der Waals surface area contributed by atoms with E-state index < -0.39 is 17.2 Å². The number of carbonyl (C=O) groups is 3. The summed E-state index contributed by atoms with van der Waals surface area (Å²) in [6, 6.07) is 14.8. The number of carbonyl (C=O) groups excluding carboxylic acids is 2. The number of amides is 2. The molecule has 6 nitrogen and oxygen atoms in total. The fourth-order valence-corrected chi connectivity index (χ4v) is 3.70. The third-order valence-electron chi connectivity index (χ3n) is 5.40. The van der Waals surface area contributed by atoms with Crippen LogP contribution in [-0.2, 0) is 26.2 Å². The van der Waals surface area contributed by atoms with Gasteiger partial charge in [-0.3, -0.25) is 14.4 Å². The van der Waals surface area contributed by atoms with Gasteiger partial charge in [-0.15, -0.1) is 0 Å². The molecule has 2 aromatic rings. The average molecular weight is 398 g/mol. The third kappa shape index (κ3) is 4.80. The Morgan fingerprint density at radius 2 is 1.72 bits per heavy atom. The van der Waals surface area contributed by atoms with Crippen LogP contribution < -0.4 is 5.32 Å². The summed E-state index contributed by atoms with van der Waals surface area (Å²) in [5.41, 5.74) is 0.267. The lowest BCUT2D eigenvalue weighted by molar-refractivity contribution is -0.148. The molecule has 3 rings (SSSR count). The number of rotatable bonds is 6. The number of aliphatic carboxylic acids is 1. The van der Waals surface area contributed by atoms with E-state index in [9.17, 15) is 23.9 Å². The molecule has 0 atom stereocenters. The first-order valence-corrected chi connectivity index (χ1v) is 9.48. The number of nitrogens with one attached hydrogen (secondary N) is 1. The molecule has 1 fully saturated rings. The van der Waals surface area contributed by atoms with Gasteiger partial charge in [0.25, 0.3) is 0 Å². The van der Waals surface area contributed by atoms with Gasteiger partial charge in [-0.1, -0.05) is 42.5 Å². The number of hydrogen-bond acceptors (Lipinski definition) is 3. The molecule has 7 heteroatoms. The summed E-state index contributed by atoms with van der Waals surface area (Å²) in [5, 5.41) is 12.4. The van der Waals surface area contributed by atoms with Gasteiger partial charge in [0.1, 0.15) is 5.82 Å². The Morgan fingerprint density at radius 1 is 1.03 bits per heavy atom. The van der Waals surface area contributed by atoms with E-state index in [1.165, 1.54) is 18.2 Å². The highest BCUT2D eigenvalue weighted by Crippen LogP contribution is 2.35. The lowest BCUT2D eigenvalue weighted by atomic mass is 9.73. The molecule has 0 radical (unpaired) electrons. The van der Waals surface area contributed by atoms with Gasteiger partial charge in [0.05, 0.1) is 18.4 Å². The number of likely N-dealkylation sites (tertiary alicyclic amines) is 1. The van der Waals surface area contributed by atoms with Crippen LogP contribution in [0.4, 0.5) is 4.39 Å². The van der Waals surface area contributed by atoms with Gasteiger partial charge in [0.2, 0.25) is 11.8 Å². The zero-order valence-corrected chi connectivity index (χ0v) is 15.9. The summed E-state index contributed by atoms with van der Waals surface area (Å²) in [5.74, 6) is -1.94. The predicted octanol–water partition coefficient (Wildman–Crippen LogP) is 2.13. The van der Waals surface area contributed by atoms with E-state index in [4.69, 9.17) is 0 Å². The predicted molar refractivity (Wildman–Crippen MR) is 105 cm³/mol. The van der Waals surface area contributed by atoms with Crippen molar-refractivity contribution in [3.8, 4) is 0 Å². The van der Waals surface area contributed by atoms with Crippen molar-refractivity contribution in [2.24, 2.45) is 0 Å². The molecule has 152 valence electrons. The molecular formula is C22H23FN2O4. The van der Waals surface area contributed by atoms with Crippen molar-refractivity contribution in [1.82, 2.24) is 10.2 Å².